The lowest BCUT2D eigenvalue weighted by Gasteiger charge is -2.24. The second-order valence-corrected chi connectivity index (χ2v) is 6.23. The molecule has 4 heterocycles. The van der Waals surface area contributed by atoms with Crippen LogP contribution in [0.25, 0.3) is 22.2 Å². The van der Waals surface area contributed by atoms with Gasteiger partial charge < -0.3 is 15.6 Å². The monoisotopic (exact) mass is 324 g/mol. The van der Waals surface area contributed by atoms with Crippen molar-refractivity contribution in [2.24, 2.45) is 0 Å². The second-order valence-electron chi connectivity index (χ2n) is 6.23. The normalized spacial score (nSPS) is 15.7. The van der Waals surface area contributed by atoms with Gasteiger partial charge in [0.15, 0.2) is 5.82 Å². The molecule has 0 bridgehead atoms. The van der Waals surface area contributed by atoms with Gasteiger partial charge in [-0.25, -0.2) is 4.98 Å². The first-order valence-corrected chi connectivity index (χ1v) is 8.22. The van der Waals surface area contributed by atoms with Gasteiger partial charge >= 0.3 is 0 Å². The lowest BCUT2D eigenvalue weighted by molar-refractivity contribution is 0.478. The van der Waals surface area contributed by atoms with Gasteiger partial charge in [-0.15, -0.1) is 0 Å². The van der Waals surface area contributed by atoms with E-state index >= 15 is 0 Å². The molecule has 3 aromatic heterocycles. The summed E-state index contributed by atoms with van der Waals surface area (Å²) >= 11 is 0. The first-order valence-electron chi connectivity index (χ1n) is 8.22. The Morgan fingerprint density at radius 2 is 2.12 bits per heavy atom. The van der Waals surface area contributed by atoms with Crippen LogP contribution in [0.1, 0.15) is 18.4 Å². The highest BCUT2D eigenvalue weighted by molar-refractivity contribution is 5.98. The number of nitrogens with one attached hydrogen (secondary N) is 4. The van der Waals surface area contributed by atoms with Gasteiger partial charge in [0, 0.05) is 34.9 Å². The molecular weight excluding hydrogens is 304 g/mol. The fraction of sp³-hybridized carbons (Fsp3) is 0.353. The zero-order valence-corrected chi connectivity index (χ0v) is 13.5. The summed E-state index contributed by atoms with van der Waals surface area (Å²) in [4.78, 5) is 19.7. The molecule has 0 unspecified atom stereocenters. The number of anilines is 1. The molecule has 1 fully saturated rings. The van der Waals surface area contributed by atoms with Crippen LogP contribution in [-0.4, -0.2) is 39.3 Å². The molecule has 4 N–H and O–H groups in total. The Labute approximate surface area is 138 Å². The van der Waals surface area contributed by atoms with Gasteiger partial charge in [0.25, 0.3) is 5.56 Å². The third-order valence-corrected chi connectivity index (χ3v) is 4.55. The van der Waals surface area contributed by atoms with E-state index in [1.807, 2.05) is 25.3 Å². The lowest BCUT2D eigenvalue weighted by Crippen LogP contribution is -2.35. The van der Waals surface area contributed by atoms with E-state index in [4.69, 9.17) is 0 Å². The van der Waals surface area contributed by atoms with Crippen LogP contribution in [0, 0.1) is 6.92 Å². The van der Waals surface area contributed by atoms with Gasteiger partial charge in [0.2, 0.25) is 0 Å². The number of nitrogens with zero attached hydrogens (tertiary/aromatic N) is 2. The first-order chi connectivity index (χ1) is 11.7. The van der Waals surface area contributed by atoms with Crippen LogP contribution < -0.4 is 16.2 Å². The molecule has 24 heavy (non-hydrogen) atoms. The van der Waals surface area contributed by atoms with Crippen molar-refractivity contribution in [1.82, 2.24) is 25.5 Å². The number of H-pyrrole nitrogens is 2. The third-order valence-electron chi connectivity index (χ3n) is 4.55. The van der Waals surface area contributed by atoms with Gasteiger partial charge in [-0.3, -0.25) is 9.89 Å². The van der Waals surface area contributed by atoms with Crippen molar-refractivity contribution in [3.8, 4) is 11.3 Å². The minimum Gasteiger partial charge on any atom is -0.366 e. The van der Waals surface area contributed by atoms with E-state index in [-0.39, 0.29) is 5.56 Å². The molecular formula is C17H20N6O. The summed E-state index contributed by atoms with van der Waals surface area (Å²) in [7, 11) is 0. The average molecular weight is 324 g/mol. The van der Waals surface area contributed by atoms with Crippen molar-refractivity contribution in [3.05, 3.63) is 40.4 Å². The maximum Gasteiger partial charge on any atom is 0.251 e. The van der Waals surface area contributed by atoms with Crippen molar-refractivity contribution in [1.29, 1.82) is 0 Å². The Morgan fingerprint density at radius 3 is 2.88 bits per heavy atom. The zero-order valence-electron chi connectivity index (χ0n) is 13.5. The molecule has 0 spiro atoms. The SMILES string of the molecule is Cc1cc2c(-c3ccn[nH]3)cnc(NC3CCNCC3)c2[nH]c1=O. The van der Waals surface area contributed by atoms with Crippen molar-refractivity contribution in [2.45, 2.75) is 25.8 Å². The Bertz CT molecular complexity index is 909. The van der Waals surface area contributed by atoms with E-state index in [1.54, 1.807) is 6.20 Å². The molecule has 1 saturated heterocycles. The van der Waals surface area contributed by atoms with Gasteiger partial charge in [0.1, 0.15) is 0 Å². The van der Waals surface area contributed by atoms with E-state index in [0.717, 1.165) is 53.9 Å². The molecule has 0 aliphatic carbocycles. The highest BCUT2D eigenvalue weighted by Gasteiger charge is 2.17. The van der Waals surface area contributed by atoms with Crippen LogP contribution in [-0.2, 0) is 0 Å². The number of aryl methyl sites for hydroxylation is 1. The van der Waals surface area contributed by atoms with Crippen molar-refractivity contribution >= 4 is 16.7 Å². The predicted molar refractivity (Wildman–Crippen MR) is 94.2 cm³/mol. The largest absolute Gasteiger partial charge is 0.366 e. The fourth-order valence-corrected chi connectivity index (χ4v) is 3.19. The summed E-state index contributed by atoms with van der Waals surface area (Å²) in [5.74, 6) is 0.734. The number of fused-ring (bicyclic) bond motifs is 1. The quantitative estimate of drug-likeness (QED) is 0.589. The summed E-state index contributed by atoms with van der Waals surface area (Å²) in [5, 5.41) is 14.8. The number of rotatable bonds is 3. The summed E-state index contributed by atoms with van der Waals surface area (Å²) in [6, 6.07) is 4.18. The molecule has 7 nitrogen and oxygen atoms in total. The Kier molecular flexibility index (Phi) is 3.78. The Hall–Kier alpha value is -2.67. The Balaban J connectivity index is 1.84. The number of hydrogen-bond donors (Lipinski definition) is 4. The Morgan fingerprint density at radius 1 is 1.29 bits per heavy atom. The smallest absolute Gasteiger partial charge is 0.251 e. The zero-order chi connectivity index (χ0) is 16.5. The second kappa shape index (κ2) is 6.09. The third kappa shape index (κ3) is 2.67. The van der Waals surface area contributed by atoms with Gasteiger partial charge in [-0.2, -0.15) is 5.10 Å². The molecule has 0 radical (unpaired) electrons. The molecule has 0 aromatic carbocycles. The highest BCUT2D eigenvalue weighted by Crippen LogP contribution is 2.29. The number of aromatic nitrogens is 4. The van der Waals surface area contributed by atoms with Gasteiger partial charge in [-0.05, 0) is 45.0 Å². The summed E-state index contributed by atoms with van der Waals surface area (Å²) < 4.78 is 0. The summed E-state index contributed by atoms with van der Waals surface area (Å²) in [6.45, 7) is 3.81. The number of pyridine rings is 2. The van der Waals surface area contributed by atoms with E-state index in [1.165, 1.54) is 0 Å². The van der Waals surface area contributed by atoms with Crippen LogP contribution in [0.15, 0.2) is 29.3 Å². The maximum absolute atomic E-state index is 12.1. The van der Waals surface area contributed by atoms with E-state index in [9.17, 15) is 4.79 Å². The van der Waals surface area contributed by atoms with Gasteiger partial charge in [0.05, 0.1) is 11.2 Å². The van der Waals surface area contributed by atoms with E-state index in [0.29, 0.717) is 11.6 Å². The molecule has 124 valence electrons. The fourth-order valence-electron chi connectivity index (χ4n) is 3.19. The van der Waals surface area contributed by atoms with E-state index in [2.05, 4.69) is 30.8 Å². The molecule has 7 heteroatoms. The molecule has 4 rings (SSSR count). The number of aromatic amines is 2. The van der Waals surface area contributed by atoms with Crippen LogP contribution in [0.3, 0.4) is 0 Å². The average Bonchev–Trinajstić information content (AvgIpc) is 3.12. The maximum atomic E-state index is 12.1. The van der Waals surface area contributed by atoms with E-state index < -0.39 is 0 Å². The van der Waals surface area contributed by atoms with Crippen molar-refractivity contribution < 1.29 is 0 Å². The molecule has 0 saturated carbocycles. The minimum atomic E-state index is -0.0839. The molecule has 0 atom stereocenters. The van der Waals surface area contributed by atoms with Crippen molar-refractivity contribution in [2.75, 3.05) is 18.4 Å². The predicted octanol–water partition coefficient (Wildman–Crippen LogP) is 1.79. The molecule has 0 amide bonds. The standard InChI is InChI=1S/C17H20N6O/c1-10-8-12-13(14-4-7-20-23-14)9-19-16(15(12)22-17(10)24)21-11-2-5-18-6-3-11/h4,7-9,11,18H,2-3,5-6H2,1H3,(H,19,21)(H,20,23)(H,22,24). The lowest BCUT2D eigenvalue weighted by atomic mass is 10.0. The number of hydrogen-bond acceptors (Lipinski definition) is 5. The van der Waals surface area contributed by atoms with Crippen LogP contribution in [0.5, 0.6) is 0 Å². The molecule has 1 aliphatic rings. The molecule has 1 aliphatic heterocycles. The summed E-state index contributed by atoms with van der Waals surface area (Å²) in [6.07, 6.45) is 5.63. The topological polar surface area (TPSA) is 98.5 Å². The number of piperidine rings is 1. The highest BCUT2D eigenvalue weighted by atomic mass is 16.1. The minimum absolute atomic E-state index is 0.0839. The van der Waals surface area contributed by atoms with Crippen LogP contribution in [0.2, 0.25) is 0 Å². The van der Waals surface area contributed by atoms with Crippen LogP contribution >= 0.6 is 0 Å². The van der Waals surface area contributed by atoms with Crippen molar-refractivity contribution in [3.63, 3.8) is 0 Å². The first kappa shape index (κ1) is 14.9. The summed E-state index contributed by atoms with van der Waals surface area (Å²) in [5.41, 5.74) is 3.16. The van der Waals surface area contributed by atoms with Gasteiger partial charge in [-0.1, -0.05) is 0 Å². The molecule has 3 aromatic rings. The van der Waals surface area contributed by atoms with Crippen LogP contribution in [0.4, 0.5) is 5.82 Å².